The zero-order valence-corrected chi connectivity index (χ0v) is 28.1. The largest absolute Gasteiger partial charge is 0.472 e. The summed E-state index contributed by atoms with van der Waals surface area (Å²) in [5, 5.41) is 0. The normalized spacial score (nSPS) is 13.7. The Hall–Kier alpha value is -1.21. The number of hydrogen-bond donors (Lipinski definition) is 1. The van der Waals surface area contributed by atoms with Crippen LogP contribution in [0, 0.1) is 0 Å². The molecule has 0 saturated carbocycles. The third-order valence-electron chi connectivity index (χ3n) is 7.07. The zero-order valence-electron chi connectivity index (χ0n) is 27.2. The molecule has 0 aliphatic heterocycles. The number of unbranched alkanes of at least 4 members (excludes halogenated alkanes) is 17. The molecule has 0 radical (unpaired) electrons. The molecule has 0 bridgehead atoms. The van der Waals surface area contributed by atoms with E-state index < -0.39 is 26.5 Å². The molecule has 0 aliphatic rings. The molecule has 0 heterocycles. The molecule has 2 atom stereocenters. The lowest BCUT2D eigenvalue weighted by Gasteiger charge is -2.19. The fourth-order valence-electron chi connectivity index (χ4n) is 4.56. The number of carbonyl (C=O) groups is 2. The standard InChI is InChI=1S/C33H63O8P/c1-4-7-9-11-13-15-17-18-20-22-24-26-28-33(35)41-31(30-40-42(36,37)39-6-3)29-38-32(34)27-25-23-21-19-16-14-12-10-8-5-2/h13,15,31H,4-12,14,16-30H2,1-3H3,(H,36,37)/b15-13-. The predicted octanol–water partition coefficient (Wildman–Crippen LogP) is 9.77. The van der Waals surface area contributed by atoms with Gasteiger partial charge in [-0.25, -0.2) is 4.57 Å². The summed E-state index contributed by atoms with van der Waals surface area (Å²) in [5.41, 5.74) is 0. The second kappa shape index (κ2) is 29.8. The molecule has 9 heteroatoms. The van der Waals surface area contributed by atoms with Gasteiger partial charge in [0.2, 0.25) is 0 Å². The first kappa shape index (κ1) is 40.8. The molecule has 1 N–H and O–H groups in total. The van der Waals surface area contributed by atoms with E-state index in [9.17, 15) is 19.0 Å². The Morgan fingerprint density at radius 1 is 0.619 bits per heavy atom. The van der Waals surface area contributed by atoms with Gasteiger partial charge in [-0.1, -0.05) is 116 Å². The van der Waals surface area contributed by atoms with Gasteiger partial charge in [-0.05, 0) is 45.4 Å². The Bertz CT molecular complexity index is 712. The number of hydrogen-bond acceptors (Lipinski definition) is 7. The van der Waals surface area contributed by atoms with Crippen LogP contribution in [0.25, 0.3) is 0 Å². The fraction of sp³-hybridized carbons (Fsp3) is 0.879. The van der Waals surface area contributed by atoms with E-state index in [4.69, 9.17) is 18.5 Å². The smallest absolute Gasteiger partial charge is 0.462 e. The molecule has 0 fully saturated rings. The quantitative estimate of drug-likeness (QED) is 0.0354. The summed E-state index contributed by atoms with van der Waals surface area (Å²) >= 11 is 0. The lowest BCUT2D eigenvalue weighted by atomic mass is 10.1. The highest BCUT2D eigenvalue weighted by Gasteiger charge is 2.25. The minimum Gasteiger partial charge on any atom is -0.462 e. The summed E-state index contributed by atoms with van der Waals surface area (Å²) in [5.74, 6) is -0.808. The highest BCUT2D eigenvalue weighted by molar-refractivity contribution is 7.47. The molecule has 0 aromatic heterocycles. The molecule has 248 valence electrons. The molecule has 0 aliphatic carbocycles. The number of phosphoric ester groups is 1. The van der Waals surface area contributed by atoms with Gasteiger partial charge in [0.15, 0.2) is 6.10 Å². The first-order valence-corrected chi connectivity index (χ1v) is 18.5. The lowest BCUT2D eigenvalue weighted by Crippen LogP contribution is -2.29. The van der Waals surface area contributed by atoms with Crippen LogP contribution in [0.15, 0.2) is 12.2 Å². The second-order valence-corrected chi connectivity index (χ2v) is 12.6. The first-order chi connectivity index (χ1) is 20.3. The molecule has 0 aromatic rings. The van der Waals surface area contributed by atoms with Crippen molar-refractivity contribution in [1.82, 2.24) is 0 Å². The van der Waals surface area contributed by atoms with E-state index in [0.717, 1.165) is 51.4 Å². The summed E-state index contributed by atoms with van der Waals surface area (Å²) in [6.45, 7) is 5.40. The van der Waals surface area contributed by atoms with Gasteiger partial charge >= 0.3 is 19.8 Å². The van der Waals surface area contributed by atoms with Crippen LogP contribution in [-0.2, 0) is 32.7 Å². The van der Waals surface area contributed by atoms with Crippen molar-refractivity contribution >= 4 is 19.8 Å². The third kappa shape index (κ3) is 28.9. The van der Waals surface area contributed by atoms with Gasteiger partial charge in [-0.3, -0.25) is 18.6 Å². The topological polar surface area (TPSA) is 108 Å². The van der Waals surface area contributed by atoms with Crippen molar-refractivity contribution in [3.8, 4) is 0 Å². The van der Waals surface area contributed by atoms with Crippen LogP contribution in [0.4, 0.5) is 0 Å². The maximum Gasteiger partial charge on any atom is 0.472 e. The van der Waals surface area contributed by atoms with E-state index in [1.807, 2.05) is 0 Å². The number of phosphoric acid groups is 1. The van der Waals surface area contributed by atoms with E-state index in [2.05, 4.69) is 26.0 Å². The van der Waals surface area contributed by atoms with Crippen LogP contribution in [0.5, 0.6) is 0 Å². The van der Waals surface area contributed by atoms with Crippen LogP contribution < -0.4 is 0 Å². The second-order valence-electron chi connectivity index (χ2n) is 11.2. The summed E-state index contributed by atoms with van der Waals surface area (Å²) < 4.78 is 32.3. The molecule has 0 amide bonds. The Kier molecular flexibility index (Phi) is 29.0. The molecule has 0 aromatic carbocycles. The minimum absolute atomic E-state index is 0.00131. The van der Waals surface area contributed by atoms with Crippen molar-refractivity contribution < 1.29 is 37.6 Å². The number of ether oxygens (including phenoxy) is 2. The van der Waals surface area contributed by atoms with Gasteiger partial charge in [0, 0.05) is 12.8 Å². The Balaban J connectivity index is 4.23. The van der Waals surface area contributed by atoms with Gasteiger partial charge in [0.25, 0.3) is 0 Å². The summed E-state index contributed by atoms with van der Waals surface area (Å²) in [6.07, 6.45) is 26.9. The van der Waals surface area contributed by atoms with Gasteiger partial charge in [0.1, 0.15) is 6.61 Å². The SMILES string of the molecule is CCCCC/C=C\CCCCCCCC(=O)OC(COC(=O)CCCCCCCCCCCC)COP(=O)(O)OCC. The van der Waals surface area contributed by atoms with Crippen molar-refractivity contribution in [2.45, 2.75) is 168 Å². The number of esters is 2. The highest BCUT2D eigenvalue weighted by Crippen LogP contribution is 2.43. The van der Waals surface area contributed by atoms with Gasteiger partial charge in [-0.15, -0.1) is 0 Å². The molecule has 0 saturated heterocycles. The van der Waals surface area contributed by atoms with Gasteiger partial charge in [0.05, 0.1) is 13.2 Å². The number of allylic oxidation sites excluding steroid dienone is 2. The number of rotatable bonds is 31. The van der Waals surface area contributed by atoms with Crippen molar-refractivity contribution in [1.29, 1.82) is 0 Å². The average Bonchev–Trinajstić information content (AvgIpc) is 2.96. The third-order valence-corrected chi connectivity index (χ3v) is 8.13. The molecular formula is C33H63O8P. The van der Waals surface area contributed by atoms with Crippen molar-refractivity contribution in [2.24, 2.45) is 0 Å². The van der Waals surface area contributed by atoms with E-state index in [1.165, 1.54) is 70.6 Å². The van der Waals surface area contributed by atoms with Crippen molar-refractivity contribution in [3.63, 3.8) is 0 Å². The summed E-state index contributed by atoms with van der Waals surface area (Å²) in [6, 6.07) is 0. The lowest BCUT2D eigenvalue weighted by molar-refractivity contribution is -0.161. The van der Waals surface area contributed by atoms with E-state index in [1.54, 1.807) is 6.92 Å². The van der Waals surface area contributed by atoms with E-state index in [-0.39, 0.29) is 25.6 Å². The van der Waals surface area contributed by atoms with Crippen LogP contribution >= 0.6 is 7.82 Å². The predicted molar refractivity (Wildman–Crippen MR) is 170 cm³/mol. The Morgan fingerprint density at radius 3 is 1.62 bits per heavy atom. The summed E-state index contributed by atoms with van der Waals surface area (Å²) in [4.78, 5) is 34.4. The van der Waals surface area contributed by atoms with Gasteiger partial charge < -0.3 is 14.4 Å². The maximum absolute atomic E-state index is 12.4. The van der Waals surface area contributed by atoms with E-state index in [0.29, 0.717) is 12.8 Å². The molecule has 0 rings (SSSR count). The average molecular weight is 619 g/mol. The molecule has 8 nitrogen and oxygen atoms in total. The molecule has 0 spiro atoms. The highest BCUT2D eigenvalue weighted by atomic mass is 31.2. The van der Waals surface area contributed by atoms with Crippen LogP contribution in [0.3, 0.4) is 0 Å². The van der Waals surface area contributed by atoms with Crippen molar-refractivity contribution in [2.75, 3.05) is 19.8 Å². The van der Waals surface area contributed by atoms with Crippen LogP contribution in [0.1, 0.15) is 162 Å². The fourth-order valence-corrected chi connectivity index (χ4v) is 5.32. The molecule has 2 unspecified atom stereocenters. The van der Waals surface area contributed by atoms with Crippen LogP contribution in [0.2, 0.25) is 0 Å². The van der Waals surface area contributed by atoms with Gasteiger partial charge in [-0.2, -0.15) is 0 Å². The van der Waals surface area contributed by atoms with Crippen LogP contribution in [-0.4, -0.2) is 42.8 Å². The Morgan fingerprint density at radius 2 is 1.07 bits per heavy atom. The monoisotopic (exact) mass is 618 g/mol. The van der Waals surface area contributed by atoms with E-state index >= 15 is 0 Å². The minimum atomic E-state index is -4.26. The molecule has 42 heavy (non-hydrogen) atoms. The number of carbonyl (C=O) groups excluding carboxylic acids is 2. The Labute approximate surface area is 257 Å². The first-order valence-electron chi connectivity index (χ1n) is 17.0. The summed E-state index contributed by atoms with van der Waals surface area (Å²) in [7, 11) is -4.26. The maximum atomic E-state index is 12.4. The molecular weight excluding hydrogens is 555 g/mol. The van der Waals surface area contributed by atoms with Crippen molar-refractivity contribution in [3.05, 3.63) is 12.2 Å². The zero-order chi connectivity index (χ0) is 31.2.